The van der Waals surface area contributed by atoms with Crippen LogP contribution < -0.4 is 16.0 Å². The molecule has 0 aromatic carbocycles. The van der Waals surface area contributed by atoms with E-state index < -0.39 is 0 Å². The molecule has 2 fully saturated rings. The number of hydrogen-bond acceptors (Lipinski definition) is 7. The Labute approximate surface area is 154 Å². The molecular weight excluding hydrogens is 340 g/mol. The third-order valence-corrected chi connectivity index (χ3v) is 4.36. The maximum Gasteiger partial charge on any atom is 0.225 e. The van der Waals surface area contributed by atoms with E-state index in [-0.39, 0.29) is 5.28 Å². The minimum Gasteiger partial charge on any atom is -0.381 e. The molecule has 1 saturated carbocycles. The Morgan fingerprint density at radius 1 is 1.24 bits per heavy atom. The lowest BCUT2D eigenvalue weighted by atomic mass is 9.95. The molecule has 8 heteroatoms. The van der Waals surface area contributed by atoms with Gasteiger partial charge >= 0.3 is 0 Å². The predicted molar refractivity (Wildman–Crippen MR) is 103 cm³/mol. The van der Waals surface area contributed by atoms with Crippen LogP contribution in [0.2, 0.25) is 5.28 Å². The molecule has 2 heterocycles. The number of anilines is 2. The molecule has 1 saturated heterocycles. The fraction of sp³-hybridized carbons (Fsp3) is 0.706. The summed E-state index contributed by atoms with van der Waals surface area (Å²) < 4.78 is 5.01. The second-order valence-corrected chi connectivity index (χ2v) is 6.46. The highest BCUT2D eigenvalue weighted by atomic mass is 35.5. The Morgan fingerprint density at radius 2 is 1.96 bits per heavy atom. The van der Waals surface area contributed by atoms with Gasteiger partial charge in [0.2, 0.25) is 5.28 Å². The van der Waals surface area contributed by atoms with E-state index in [0.29, 0.717) is 17.6 Å². The lowest BCUT2D eigenvalue weighted by molar-refractivity contribution is 0.109. The van der Waals surface area contributed by atoms with E-state index in [1.54, 1.807) is 0 Å². The minimum absolute atomic E-state index is 0.179. The van der Waals surface area contributed by atoms with Gasteiger partial charge in [-0.3, -0.25) is 0 Å². The maximum atomic E-state index is 7.43. The van der Waals surface area contributed by atoms with Crippen molar-refractivity contribution < 1.29 is 4.74 Å². The van der Waals surface area contributed by atoms with E-state index in [4.69, 9.17) is 21.7 Å². The van der Waals surface area contributed by atoms with E-state index in [9.17, 15) is 0 Å². The van der Waals surface area contributed by atoms with Crippen molar-refractivity contribution in [3.63, 3.8) is 0 Å². The molecule has 0 unspecified atom stereocenters. The summed E-state index contributed by atoms with van der Waals surface area (Å²) in [6.45, 7) is 6.60. The topological polar surface area (TPSA) is 95.0 Å². The van der Waals surface area contributed by atoms with Crippen LogP contribution in [0.3, 0.4) is 0 Å². The van der Waals surface area contributed by atoms with Crippen molar-refractivity contribution in [1.82, 2.24) is 15.3 Å². The lowest BCUT2D eigenvalue weighted by Crippen LogP contribution is -2.30. The predicted octanol–water partition coefficient (Wildman–Crippen LogP) is 2.91. The van der Waals surface area contributed by atoms with Gasteiger partial charge in [0.05, 0.1) is 13.2 Å². The van der Waals surface area contributed by atoms with Crippen molar-refractivity contribution in [2.75, 3.05) is 43.5 Å². The van der Waals surface area contributed by atoms with Crippen LogP contribution in [-0.4, -0.2) is 55.1 Å². The molecule has 0 spiro atoms. The Bertz CT molecular complexity index is 521. The molecule has 0 radical (unpaired) electrons. The number of morpholine rings is 1. The molecule has 0 amide bonds. The summed E-state index contributed by atoms with van der Waals surface area (Å²) in [7, 11) is 0. The van der Waals surface area contributed by atoms with Crippen LogP contribution in [0, 0.1) is 5.41 Å². The van der Waals surface area contributed by atoms with Gasteiger partial charge in [0, 0.05) is 31.9 Å². The number of halogens is 1. The second-order valence-electron chi connectivity index (χ2n) is 6.12. The van der Waals surface area contributed by atoms with Gasteiger partial charge in [-0.2, -0.15) is 4.98 Å². The number of ether oxygens (including phenoxy) is 1. The lowest BCUT2D eigenvalue weighted by Gasteiger charge is -2.25. The van der Waals surface area contributed by atoms with E-state index in [0.717, 1.165) is 51.4 Å². The van der Waals surface area contributed by atoms with Gasteiger partial charge in [-0.25, -0.2) is 4.98 Å². The van der Waals surface area contributed by atoms with Gasteiger partial charge < -0.3 is 26.1 Å². The first-order valence-electron chi connectivity index (χ1n) is 9.11. The highest BCUT2D eigenvalue weighted by Crippen LogP contribution is 2.27. The SMILES string of the molecule is C1COCCN1.CCNc1c(C=N)nc(Cl)nc1NC1CCCCC1. The molecule has 0 bridgehead atoms. The molecule has 1 aromatic rings. The van der Waals surface area contributed by atoms with E-state index in [1.807, 2.05) is 6.92 Å². The number of hydrogen-bond donors (Lipinski definition) is 4. The Kier molecular flexibility index (Phi) is 8.93. The largest absolute Gasteiger partial charge is 0.381 e. The Morgan fingerprint density at radius 3 is 2.48 bits per heavy atom. The Balaban J connectivity index is 0.000000316. The first kappa shape index (κ1) is 19.9. The summed E-state index contributed by atoms with van der Waals surface area (Å²) in [6.07, 6.45) is 7.35. The third kappa shape index (κ3) is 6.76. The summed E-state index contributed by atoms with van der Waals surface area (Å²) in [6, 6.07) is 0.440. The zero-order valence-corrected chi connectivity index (χ0v) is 15.7. The first-order chi connectivity index (χ1) is 12.2. The molecule has 140 valence electrons. The van der Waals surface area contributed by atoms with Crippen molar-refractivity contribution in [1.29, 1.82) is 5.41 Å². The van der Waals surface area contributed by atoms with Crippen LogP contribution in [0.15, 0.2) is 0 Å². The van der Waals surface area contributed by atoms with Crippen LogP contribution in [0.1, 0.15) is 44.7 Å². The Hall–Kier alpha value is -1.44. The summed E-state index contributed by atoms with van der Waals surface area (Å²) in [5, 5.41) is 17.4. The molecule has 7 nitrogen and oxygen atoms in total. The van der Waals surface area contributed by atoms with Crippen molar-refractivity contribution in [2.24, 2.45) is 0 Å². The normalized spacial score (nSPS) is 18.0. The zero-order valence-electron chi connectivity index (χ0n) is 14.9. The van der Waals surface area contributed by atoms with Gasteiger partial charge in [0.15, 0.2) is 5.82 Å². The van der Waals surface area contributed by atoms with E-state index >= 15 is 0 Å². The fourth-order valence-electron chi connectivity index (χ4n) is 2.97. The van der Waals surface area contributed by atoms with Crippen molar-refractivity contribution in [2.45, 2.75) is 45.1 Å². The smallest absolute Gasteiger partial charge is 0.225 e. The molecule has 4 N–H and O–H groups in total. The number of nitrogens with zero attached hydrogens (tertiary/aromatic N) is 2. The standard InChI is InChI=1S/C13H20ClN5.C4H9NO/c1-2-16-11-10(8-15)18-13(14)19-12(11)17-9-6-4-3-5-7-9;1-3-6-4-2-5-1/h8-9,15-16H,2-7H2,1H3,(H,17,18,19);5H,1-4H2. The molecule has 1 aromatic heterocycles. The monoisotopic (exact) mass is 368 g/mol. The van der Waals surface area contributed by atoms with Crippen molar-refractivity contribution >= 4 is 29.3 Å². The average Bonchev–Trinajstić information content (AvgIpc) is 2.66. The fourth-order valence-corrected chi connectivity index (χ4v) is 3.14. The molecule has 2 aliphatic rings. The highest BCUT2D eigenvalue weighted by Gasteiger charge is 2.18. The first-order valence-corrected chi connectivity index (χ1v) is 9.49. The van der Waals surface area contributed by atoms with E-state index in [2.05, 4.69) is 25.9 Å². The van der Waals surface area contributed by atoms with Crippen LogP contribution >= 0.6 is 11.6 Å². The van der Waals surface area contributed by atoms with Crippen LogP contribution in [0.4, 0.5) is 11.5 Å². The molecule has 0 atom stereocenters. The maximum absolute atomic E-state index is 7.43. The molecule has 25 heavy (non-hydrogen) atoms. The molecule has 1 aliphatic heterocycles. The van der Waals surface area contributed by atoms with Crippen LogP contribution in [0.25, 0.3) is 0 Å². The van der Waals surface area contributed by atoms with Crippen LogP contribution in [0.5, 0.6) is 0 Å². The summed E-state index contributed by atoms with van der Waals surface area (Å²) >= 11 is 5.93. The van der Waals surface area contributed by atoms with Crippen molar-refractivity contribution in [3.05, 3.63) is 11.0 Å². The molecular formula is C17H29ClN6O. The number of aromatic nitrogens is 2. The quantitative estimate of drug-likeness (QED) is 0.471. The van der Waals surface area contributed by atoms with Gasteiger partial charge in [0.1, 0.15) is 11.4 Å². The van der Waals surface area contributed by atoms with E-state index in [1.165, 1.54) is 25.5 Å². The number of rotatable bonds is 5. The average molecular weight is 369 g/mol. The second kappa shape index (κ2) is 11.2. The molecule has 1 aliphatic carbocycles. The minimum atomic E-state index is 0.179. The summed E-state index contributed by atoms with van der Waals surface area (Å²) in [5.41, 5.74) is 1.30. The van der Waals surface area contributed by atoms with Crippen LogP contribution in [-0.2, 0) is 4.74 Å². The van der Waals surface area contributed by atoms with Gasteiger partial charge in [-0.05, 0) is 31.4 Å². The highest BCUT2D eigenvalue weighted by molar-refractivity contribution is 6.28. The molecule has 3 rings (SSSR count). The zero-order chi connectivity index (χ0) is 17.9. The van der Waals surface area contributed by atoms with Gasteiger partial charge in [-0.1, -0.05) is 19.3 Å². The third-order valence-electron chi connectivity index (χ3n) is 4.19. The summed E-state index contributed by atoms with van der Waals surface area (Å²) in [5.74, 6) is 0.715. The number of nitrogens with one attached hydrogen (secondary N) is 4. The van der Waals surface area contributed by atoms with Gasteiger partial charge in [0.25, 0.3) is 0 Å². The van der Waals surface area contributed by atoms with Gasteiger partial charge in [-0.15, -0.1) is 0 Å². The summed E-state index contributed by atoms with van der Waals surface area (Å²) in [4.78, 5) is 8.34. The van der Waals surface area contributed by atoms with Crippen molar-refractivity contribution in [3.8, 4) is 0 Å².